The maximum absolute atomic E-state index is 12.4. The van der Waals surface area contributed by atoms with Crippen molar-refractivity contribution in [3.63, 3.8) is 0 Å². The zero-order valence-electron chi connectivity index (χ0n) is 15.6. The molecule has 0 unspecified atom stereocenters. The summed E-state index contributed by atoms with van der Waals surface area (Å²) in [6, 6.07) is 13.8. The summed E-state index contributed by atoms with van der Waals surface area (Å²) in [6.07, 6.45) is 3.00. The van der Waals surface area contributed by atoms with Crippen LogP contribution in [-0.2, 0) is 6.54 Å². The van der Waals surface area contributed by atoms with Gasteiger partial charge in [0.05, 0.1) is 18.4 Å². The van der Waals surface area contributed by atoms with Crippen molar-refractivity contribution in [3.05, 3.63) is 77.1 Å². The highest BCUT2D eigenvalue weighted by atomic mass is 16.5. The topological polar surface area (TPSA) is 76.1 Å². The lowest BCUT2D eigenvalue weighted by molar-refractivity contribution is 0.102. The van der Waals surface area contributed by atoms with E-state index in [2.05, 4.69) is 51.8 Å². The second-order valence-electron chi connectivity index (χ2n) is 6.29. The minimum Gasteiger partial charge on any atom is -0.495 e. The van der Waals surface area contributed by atoms with Crippen molar-refractivity contribution in [2.75, 3.05) is 17.7 Å². The number of anilines is 2. The van der Waals surface area contributed by atoms with Crippen LogP contribution >= 0.6 is 0 Å². The Morgan fingerprint density at radius 2 is 1.67 bits per heavy atom. The van der Waals surface area contributed by atoms with Gasteiger partial charge in [-0.3, -0.25) is 4.79 Å². The van der Waals surface area contributed by atoms with Crippen molar-refractivity contribution in [1.29, 1.82) is 0 Å². The largest absolute Gasteiger partial charge is 0.495 e. The van der Waals surface area contributed by atoms with Gasteiger partial charge in [-0.25, -0.2) is 9.97 Å². The first-order valence-corrected chi connectivity index (χ1v) is 8.62. The predicted molar refractivity (Wildman–Crippen MR) is 106 cm³/mol. The number of hydrogen-bond acceptors (Lipinski definition) is 5. The fraction of sp³-hybridized carbons (Fsp3) is 0.190. The van der Waals surface area contributed by atoms with Gasteiger partial charge in [0.1, 0.15) is 5.75 Å². The molecule has 0 saturated carbocycles. The molecule has 0 radical (unpaired) electrons. The van der Waals surface area contributed by atoms with Crippen molar-refractivity contribution in [2.24, 2.45) is 0 Å². The van der Waals surface area contributed by atoms with Crippen molar-refractivity contribution in [3.8, 4) is 5.75 Å². The van der Waals surface area contributed by atoms with E-state index in [0.717, 1.165) is 11.1 Å². The molecule has 0 aliphatic rings. The Bertz CT molecular complexity index is 922. The number of hydrogen-bond donors (Lipinski definition) is 2. The quantitative estimate of drug-likeness (QED) is 0.694. The molecular weight excluding hydrogens is 340 g/mol. The molecule has 6 nitrogen and oxygen atoms in total. The Hall–Kier alpha value is -3.41. The lowest BCUT2D eigenvalue weighted by Gasteiger charge is -2.11. The molecule has 2 aromatic carbocycles. The van der Waals surface area contributed by atoms with Gasteiger partial charge in [0.25, 0.3) is 5.91 Å². The predicted octanol–water partition coefficient (Wildman–Crippen LogP) is 3.97. The molecule has 0 aliphatic heterocycles. The van der Waals surface area contributed by atoms with Gasteiger partial charge in [-0.2, -0.15) is 0 Å². The van der Waals surface area contributed by atoms with E-state index >= 15 is 0 Å². The molecule has 1 aromatic heterocycles. The summed E-state index contributed by atoms with van der Waals surface area (Å²) in [7, 11) is 1.57. The van der Waals surface area contributed by atoms with Crippen molar-refractivity contribution in [2.45, 2.75) is 20.4 Å². The van der Waals surface area contributed by atoms with E-state index < -0.39 is 0 Å². The third-order valence-electron chi connectivity index (χ3n) is 4.09. The average Bonchev–Trinajstić information content (AvgIpc) is 2.68. The van der Waals surface area contributed by atoms with E-state index in [4.69, 9.17) is 4.74 Å². The van der Waals surface area contributed by atoms with Crippen LogP contribution in [0.5, 0.6) is 5.75 Å². The van der Waals surface area contributed by atoms with Crippen LogP contribution in [0.4, 0.5) is 11.6 Å². The van der Waals surface area contributed by atoms with Crippen molar-refractivity contribution in [1.82, 2.24) is 9.97 Å². The van der Waals surface area contributed by atoms with Crippen LogP contribution in [0, 0.1) is 13.8 Å². The van der Waals surface area contributed by atoms with Crippen LogP contribution in [0.1, 0.15) is 27.0 Å². The summed E-state index contributed by atoms with van der Waals surface area (Å²) >= 11 is 0. The van der Waals surface area contributed by atoms with E-state index in [0.29, 0.717) is 29.5 Å². The van der Waals surface area contributed by atoms with Crippen LogP contribution in [0.15, 0.2) is 54.9 Å². The molecule has 0 saturated heterocycles. The SMILES string of the molecule is COc1ccc(C)cc1NC(=O)c1cnc(NCc2ccc(C)cc2)nc1. The van der Waals surface area contributed by atoms with E-state index in [1.54, 1.807) is 7.11 Å². The molecule has 0 spiro atoms. The van der Waals surface area contributed by atoms with Gasteiger partial charge in [-0.1, -0.05) is 35.9 Å². The molecule has 6 heteroatoms. The van der Waals surface area contributed by atoms with Gasteiger partial charge in [-0.15, -0.1) is 0 Å². The van der Waals surface area contributed by atoms with Gasteiger partial charge in [-0.05, 0) is 37.1 Å². The molecule has 27 heavy (non-hydrogen) atoms. The lowest BCUT2D eigenvalue weighted by atomic mass is 10.1. The van der Waals surface area contributed by atoms with Crippen molar-refractivity contribution < 1.29 is 9.53 Å². The summed E-state index contributed by atoms with van der Waals surface area (Å²) in [5, 5.41) is 5.98. The first kappa shape index (κ1) is 18.4. The number of rotatable bonds is 6. The first-order chi connectivity index (χ1) is 13.0. The molecule has 138 valence electrons. The number of nitrogens with one attached hydrogen (secondary N) is 2. The number of amides is 1. The molecule has 0 atom stereocenters. The highest BCUT2D eigenvalue weighted by Gasteiger charge is 2.11. The molecule has 0 bridgehead atoms. The van der Waals surface area contributed by atoms with Crippen LogP contribution in [0.25, 0.3) is 0 Å². The molecule has 1 amide bonds. The molecule has 0 aliphatic carbocycles. The highest BCUT2D eigenvalue weighted by molar-refractivity contribution is 6.04. The smallest absolute Gasteiger partial charge is 0.258 e. The van der Waals surface area contributed by atoms with Crippen LogP contribution in [-0.4, -0.2) is 23.0 Å². The fourth-order valence-electron chi connectivity index (χ4n) is 2.54. The Morgan fingerprint density at radius 3 is 2.33 bits per heavy atom. The standard InChI is InChI=1S/C21H22N4O2/c1-14-4-7-16(8-5-14)11-22-21-23-12-17(13-24-21)20(26)25-18-10-15(2)6-9-19(18)27-3/h4-10,12-13H,11H2,1-3H3,(H,25,26)(H,22,23,24). The molecular formula is C21H22N4O2. The van der Waals surface area contributed by atoms with Crippen LogP contribution in [0.3, 0.4) is 0 Å². The number of carbonyl (C=O) groups is 1. The fourth-order valence-corrected chi connectivity index (χ4v) is 2.54. The number of nitrogens with zero attached hydrogens (tertiary/aromatic N) is 2. The Morgan fingerprint density at radius 1 is 1.00 bits per heavy atom. The third-order valence-corrected chi connectivity index (χ3v) is 4.09. The van der Waals surface area contributed by atoms with Gasteiger partial charge in [0.15, 0.2) is 0 Å². The zero-order chi connectivity index (χ0) is 19.2. The van der Waals surface area contributed by atoms with Crippen LogP contribution < -0.4 is 15.4 Å². The zero-order valence-corrected chi connectivity index (χ0v) is 15.6. The summed E-state index contributed by atoms with van der Waals surface area (Å²) in [5.74, 6) is 0.787. The number of benzene rings is 2. The Kier molecular flexibility index (Phi) is 5.66. The minimum atomic E-state index is -0.288. The Labute approximate surface area is 158 Å². The lowest BCUT2D eigenvalue weighted by Crippen LogP contribution is -2.14. The summed E-state index contributed by atoms with van der Waals surface area (Å²) in [5.41, 5.74) is 4.37. The second kappa shape index (κ2) is 8.31. The van der Waals surface area contributed by atoms with Gasteiger partial charge in [0.2, 0.25) is 5.95 Å². The highest BCUT2D eigenvalue weighted by Crippen LogP contribution is 2.25. The summed E-state index contributed by atoms with van der Waals surface area (Å²) < 4.78 is 5.28. The monoisotopic (exact) mass is 362 g/mol. The number of aromatic nitrogens is 2. The van der Waals surface area contributed by atoms with Crippen molar-refractivity contribution >= 4 is 17.5 Å². The van der Waals surface area contributed by atoms with E-state index in [-0.39, 0.29) is 5.91 Å². The minimum absolute atomic E-state index is 0.288. The average molecular weight is 362 g/mol. The molecule has 2 N–H and O–H groups in total. The number of aryl methyl sites for hydroxylation is 2. The van der Waals surface area contributed by atoms with Crippen LogP contribution in [0.2, 0.25) is 0 Å². The third kappa shape index (κ3) is 4.82. The van der Waals surface area contributed by atoms with E-state index in [9.17, 15) is 4.79 Å². The van der Waals surface area contributed by atoms with Gasteiger partial charge >= 0.3 is 0 Å². The van der Waals surface area contributed by atoms with E-state index in [1.165, 1.54) is 18.0 Å². The number of methoxy groups -OCH3 is 1. The van der Waals surface area contributed by atoms with E-state index in [1.807, 2.05) is 25.1 Å². The maximum Gasteiger partial charge on any atom is 0.258 e. The molecule has 1 heterocycles. The molecule has 3 aromatic rings. The number of carbonyl (C=O) groups excluding carboxylic acids is 1. The first-order valence-electron chi connectivity index (χ1n) is 8.62. The Balaban J connectivity index is 1.63. The summed E-state index contributed by atoms with van der Waals surface area (Å²) in [4.78, 5) is 20.9. The maximum atomic E-state index is 12.4. The van der Waals surface area contributed by atoms with Gasteiger partial charge in [0, 0.05) is 18.9 Å². The summed E-state index contributed by atoms with van der Waals surface area (Å²) in [6.45, 7) is 4.62. The number of ether oxygens (including phenoxy) is 1. The van der Waals surface area contributed by atoms with Gasteiger partial charge < -0.3 is 15.4 Å². The normalized spacial score (nSPS) is 10.3. The molecule has 0 fully saturated rings. The molecule has 3 rings (SSSR count). The second-order valence-corrected chi connectivity index (χ2v) is 6.29.